The van der Waals surface area contributed by atoms with E-state index in [2.05, 4.69) is 10.3 Å². The molecule has 0 radical (unpaired) electrons. The number of hydrogen-bond acceptors (Lipinski definition) is 6. The maximum absolute atomic E-state index is 14.6. The summed E-state index contributed by atoms with van der Waals surface area (Å²) in [4.78, 5) is 9.30. The predicted octanol–water partition coefficient (Wildman–Crippen LogP) is 4.96. The molecule has 1 aliphatic heterocycles. The zero-order valence-corrected chi connectivity index (χ0v) is 20.2. The first-order valence-electron chi connectivity index (χ1n) is 11.2. The largest absolute Gasteiger partial charge is 0.493 e. The van der Waals surface area contributed by atoms with Gasteiger partial charge in [-0.05, 0) is 43.7 Å². The van der Waals surface area contributed by atoms with Crippen molar-refractivity contribution >= 4 is 24.3 Å². The molecule has 1 unspecified atom stereocenters. The molecule has 0 saturated carbocycles. The number of nitrogens with one attached hydrogen (secondary N) is 1. The minimum atomic E-state index is -2.84. The van der Waals surface area contributed by atoms with Gasteiger partial charge in [0.05, 0.1) is 18.9 Å². The van der Waals surface area contributed by atoms with E-state index >= 15 is 0 Å². The summed E-state index contributed by atoms with van der Waals surface area (Å²) in [7, 11) is -2.84. The van der Waals surface area contributed by atoms with Gasteiger partial charge in [-0.15, -0.1) is 0 Å². The van der Waals surface area contributed by atoms with Crippen LogP contribution < -0.4 is 15.4 Å². The van der Waals surface area contributed by atoms with E-state index in [9.17, 15) is 8.96 Å². The van der Waals surface area contributed by atoms with Crippen molar-refractivity contribution in [1.82, 2.24) is 14.4 Å². The molecule has 3 heterocycles. The summed E-state index contributed by atoms with van der Waals surface area (Å²) >= 11 is 0. The molecule has 5 rings (SSSR count). The first-order chi connectivity index (χ1) is 16.4. The van der Waals surface area contributed by atoms with Crippen LogP contribution in [0.5, 0.6) is 5.75 Å². The number of halogens is 1. The van der Waals surface area contributed by atoms with Gasteiger partial charge in [-0.3, -0.25) is 8.97 Å². The molecule has 176 valence electrons. The topological polar surface area (TPSA) is 77.8 Å². The molecule has 9 heteroatoms. The van der Waals surface area contributed by atoms with Gasteiger partial charge in [0.15, 0.2) is 0 Å². The highest BCUT2D eigenvalue weighted by molar-refractivity contribution is 7.66. The Labute approximate surface area is 197 Å². The maximum atomic E-state index is 14.6. The van der Waals surface area contributed by atoms with Crippen molar-refractivity contribution in [3.05, 3.63) is 71.4 Å². The van der Waals surface area contributed by atoms with Crippen LogP contribution in [0.2, 0.25) is 0 Å². The number of ether oxygens (including phenoxy) is 1. The van der Waals surface area contributed by atoms with Crippen LogP contribution in [0.25, 0.3) is 16.8 Å². The maximum Gasteiger partial charge on any atom is 0.229 e. The van der Waals surface area contributed by atoms with Crippen LogP contribution in [0.4, 0.5) is 10.3 Å². The van der Waals surface area contributed by atoms with E-state index < -0.39 is 7.37 Å². The number of anilines is 1. The fraction of sp³-hybridized carbons (Fsp3) is 0.280. The number of hydrogen-bond donors (Lipinski definition) is 1. The average Bonchev–Trinajstić information content (AvgIpc) is 3.45. The van der Waals surface area contributed by atoms with Crippen molar-refractivity contribution in [3.63, 3.8) is 0 Å². The van der Waals surface area contributed by atoms with Crippen molar-refractivity contribution in [3.8, 4) is 16.9 Å². The Morgan fingerprint density at radius 3 is 2.79 bits per heavy atom. The first-order valence-corrected chi connectivity index (χ1v) is 13.3. The second-order valence-electron chi connectivity index (χ2n) is 8.34. The van der Waals surface area contributed by atoms with E-state index in [1.165, 1.54) is 6.07 Å². The SMILES string of the molecule is CCOP(C)(=O)c1ccc(-c2cnc(NCc3c(F)ccc4c3CCO4)n3cc(C)nc23)cc1. The molecule has 2 aromatic heterocycles. The lowest BCUT2D eigenvalue weighted by Gasteiger charge is -2.14. The quantitative estimate of drug-likeness (QED) is 0.377. The van der Waals surface area contributed by atoms with E-state index in [1.54, 1.807) is 18.9 Å². The molecular formula is C25H26FN4O3P. The number of fused-ring (bicyclic) bond motifs is 2. The Bertz CT molecular complexity index is 1420. The summed E-state index contributed by atoms with van der Waals surface area (Å²) in [5.41, 5.74) is 4.81. The van der Waals surface area contributed by atoms with Gasteiger partial charge in [0, 0.05) is 54.0 Å². The Morgan fingerprint density at radius 2 is 2.03 bits per heavy atom. The molecule has 1 N–H and O–H groups in total. The van der Waals surface area contributed by atoms with Crippen LogP contribution in [-0.2, 0) is 22.1 Å². The highest BCUT2D eigenvalue weighted by atomic mass is 31.2. The standard InChI is InChI=1S/C25H26FN4O3P/c1-4-33-34(3,31)18-7-5-17(6-8-18)20-13-27-25(30-15-16(2)29-24(20)30)28-14-21-19-11-12-32-23(19)10-9-22(21)26/h5-10,13,15H,4,11-12,14H2,1-3H3,(H,27,28). The molecule has 0 fully saturated rings. The van der Waals surface area contributed by atoms with Gasteiger partial charge in [0.2, 0.25) is 13.3 Å². The minimum absolute atomic E-state index is 0.258. The van der Waals surface area contributed by atoms with Crippen LogP contribution in [0, 0.1) is 12.7 Å². The number of benzene rings is 2. The summed E-state index contributed by atoms with van der Waals surface area (Å²) in [6, 6.07) is 10.6. The van der Waals surface area contributed by atoms with Crippen molar-refractivity contribution in [1.29, 1.82) is 0 Å². The lowest BCUT2D eigenvalue weighted by molar-refractivity contribution is 0.345. The van der Waals surface area contributed by atoms with E-state index in [4.69, 9.17) is 14.2 Å². The molecule has 0 aliphatic carbocycles. The third-order valence-corrected chi connectivity index (χ3v) is 7.99. The van der Waals surface area contributed by atoms with E-state index in [0.29, 0.717) is 36.5 Å². The zero-order chi connectivity index (χ0) is 23.9. The second kappa shape index (κ2) is 8.85. The fourth-order valence-corrected chi connectivity index (χ4v) is 5.67. The third-order valence-electron chi connectivity index (χ3n) is 6.00. The molecule has 7 nitrogen and oxygen atoms in total. The Kier molecular flexibility index (Phi) is 5.88. The molecule has 1 atom stereocenters. The van der Waals surface area contributed by atoms with Crippen LogP contribution in [0.1, 0.15) is 23.7 Å². The Morgan fingerprint density at radius 1 is 1.24 bits per heavy atom. The van der Waals surface area contributed by atoms with E-state index in [1.807, 2.05) is 48.7 Å². The van der Waals surface area contributed by atoms with Crippen molar-refractivity contribution in [2.24, 2.45) is 0 Å². The van der Waals surface area contributed by atoms with E-state index in [-0.39, 0.29) is 12.4 Å². The molecule has 0 spiro atoms. The number of aryl methyl sites for hydroxylation is 1. The number of aromatic nitrogens is 3. The van der Waals surface area contributed by atoms with Crippen LogP contribution in [0.3, 0.4) is 0 Å². The zero-order valence-electron chi connectivity index (χ0n) is 19.3. The highest BCUT2D eigenvalue weighted by Crippen LogP contribution is 2.41. The molecule has 1 aliphatic rings. The van der Waals surface area contributed by atoms with Crippen LogP contribution in [0.15, 0.2) is 48.8 Å². The highest BCUT2D eigenvalue weighted by Gasteiger charge is 2.21. The van der Waals surface area contributed by atoms with Gasteiger partial charge >= 0.3 is 0 Å². The monoisotopic (exact) mass is 480 g/mol. The summed E-state index contributed by atoms with van der Waals surface area (Å²) in [6.45, 7) is 6.62. The summed E-state index contributed by atoms with van der Waals surface area (Å²) in [5, 5.41) is 3.94. The van der Waals surface area contributed by atoms with Crippen LogP contribution in [-0.4, -0.2) is 34.2 Å². The molecule has 2 aromatic carbocycles. The van der Waals surface area contributed by atoms with Gasteiger partial charge in [0.25, 0.3) is 0 Å². The van der Waals surface area contributed by atoms with Gasteiger partial charge in [-0.1, -0.05) is 12.1 Å². The molecule has 0 bridgehead atoms. The van der Waals surface area contributed by atoms with Gasteiger partial charge in [-0.25, -0.2) is 14.4 Å². The second-order valence-corrected chi connectivity index (χ2v) is 10.8. The third kappa shape index (κ3) is 4.08. The van der Waals surface area contributed by atoms with Gasteiger partial charge in [0.1, 0.15) is 17.2 Å². The lowest BCUT2D eigenvalue weighted by Crippen LogP contribution is -2.10. The number of imidazole rings is 1. The summed E-state index contributed by atoms with van der Waals surface area (Å²) in [6.07, 6.45) is 4.34. The average molecular weight is 480 g/mol. The molecule has 34 heavy (non-hydrogen) atoms. The first kappa shape index (κ1) is 22.6. The lowest BCUT2D eigenvalue weighted by atomic mass is 10.0. The molecule has 0 saturated heterocycles. The smallest absolute Gasteiger partial charge is 0.229 e. The summed E-state index contributed by atoms with van der Waals surface area (Å²) in [5.74, 6) is 1.06. The fourth-order valence-electron chi connectivity index (χ4n) is 4.34. The Balaban J connectivity index is 1.46. The molecule has 0 amide bonds. The van der Waals surface area contributed by atoms with E-state index in [0.717, 1.165) is 33.8 Å². The van der Waals surface area contributed by atoms with Gasteiger partial charge < -0.3 is 14.6 Å². The normalized spacial score (nSPS) is 14.6. The van der Waals surface area contributed by atoms with Crippen molar-refractivity contribution in [2.45, 2.75) is 26.8 Å². The van der Waals surface area contributed by atoms with Crippen molar-refractivity contribution in [2.75, 3.05) is 25.2 Å². The summed E-state index contributed by atoms with van der Waals surface area (Å²) < 4.78 is 40.2. The molecule has 4 aromatic rings. The van der Waals surface area contributed by atoms with Crippen LogP contribution >= 0.6 is 7.37 Å². The van der Waals surface area contributed by atoms with Crippen molar-refractivity contribution < 1.29 is 18.2 Å². The Hall–Kier alpha value is -3.22. The predicted molar refractivity (Wildman–Crippen MR) is 131 cm³/mol. The molecular weight excluding hydrogens is 454 g/mol. The van der Waals surface area contributed by atoms with Gasteiger partial charge in [-0.2, -0.15) is 0 Å². The number of rotatable bonds is 7. The minimum Gasteiger partial charge on any atom is -0.493 e. The number of nitrogens with zero attached hydrogens (tertiary/aromatic N) is 3.